The van der Waals surface area contributed by atoms with Gasteiger partial charge in [-0.25, -0.2) is 9.37 Å². The highest BCUT2D eigenvalue weighted by Gasteiger charge is 2.09. The maximum absolute atomic E-state index is 13.6. The molecule has 3 rings (SSSR count). The first kappa shape index (κ1) is 12.3. The molecule has 0 saturated carbocycles. The fraction of sp³-hybridized carbons (Fsp3) is 0.0667. The van der Waals surface area contributed by atoms with E-state index >= 15 is 0 Å². The summed E-state index contributed by atoms with van der Waals surface area (Å²) in [6, 6.07) is 11.5. The zero-order chi connectivity index (χ0) is 14.1. The summed E-state index contributed by atoms with van der Waals surface area (Å²) in [4.78, 5) is 16.6. The highest BCUT2D eigenvalue weighted by molar-refractivity contribution is 5.89. The standard InChI is InChI=1S/C15H12FN3O/c16-11-5-2-1-4-10(11)8-19-9-18-13-7-3-6-12(17)14(13)15(19)20/h1-7,9H,8,17H2. The second-order valence-corrected chi connectivity index (χ2v) is 4.51. The van der Waals surface area contributed by atoms with Gasteiger partial charge in [-0.1, -0.05) is 24.3 Å². The van der Waals surface area contributed by atoms with Crippen molar-refractivity contribution in [1.82, 2.24) is 9.55 Å². The van der Waals surface area contributed by atoms with Crippen molar-refractivity contribution in [2.24, 2.45) is 0 Å². The number of anilines is 1. The van der Waals surface area contributed by atoms with Crippen LogP contribution in [0.5, 0.6) is 0 Å². The Morgan fingerprint density at radius 1 is 1.15 bits per heavy atom. The summed E-state index contributed by atoms with van der Waals surface area (Å²) in [7, 11) is 0. The van der Waals surface area contributed by atoms with Crippen LogP contribution in [-0.4, -0.2) is 9.55 Å². The molecular weight excluding hydrogens is 257 g/mol. The average molecular weight is 269 g/mol. The minimum Gasteiger partial charge on any atom is -0.398 e. The van der Waals surface area contributed by atoms with Crippen LogP contribution in [0.4, 0.5) is 10.1 Å². The van der Waals surface area contributed by atoms with E-state index in [9.17, 15) is 9.18 Å². The fourth-order valence-corrected chi connectivity index (χ4v) is 2.15. The number of halogens is 1. The van der Waals surface area contributed by atoms with Crippen molar-refractivity contribution in [2.45, 2.75) is 6.54 Å². The molecule has 0 aliphatic carbocycles. The molecule has 3 aromatic rings. The Bertz CT molecular complexity index is 842. The topological polar surface area (TPSA) is 60.9 Å². The monoisotopic (exact) mass is 269 g/mol. The summed E-state index contributed by atoms with van der Waals surface area (Å²) in [6.07, 6.45) is 1.41. The van der Waals surface area contributed by atoms with Gasteiger partial charge in [0.05, 0.1) is 23.8 Å². The summed E-state index contributed by atoms with van der Waals surface area (Å²) >= 11 is 0. The molecule has 5 heteroatoms. The van der Waals surface area contributed by atoms with E-state index < -0.39 is 0 Å². The van der Waals surface area contributed by atoms with Crippen molar-refractivity contribution < 1.29 is 4.39 Å². The molecule has 0 aliphatic rings. The van der Waals surface area contributed by atoms with Crippen LogP contribution in [0.3, 0.4) is 0 Å². The third-order valence-electron chi connectivity index (χ3n) is 3.18. The second kappa shape index (κ2) is 4.77. The zero-order valence-electron chi connectivity index (χ0n) is 10.6. The Morgan fingerprint density at radius 2 is 1.95 bits per heavy atom. The first-order valence-corrected chi connectivity index (χ1v) is 6.14. The Morgan fingerprint density at radius 3 is 2.75 bits per heavy atom. The van der Waals surface area contributed by atoms with Crippen molar-refractivity contribution in [3.8, 4) is 0 Å². The summed E-state index contributed by atoms with van der Waals surface area (Å²) in [5.41, 5.74) is 6.91. The maximum atomic E-state index is 13.6. The lowest BCUT2D eigenvalue weighted by Gasteiger charge is -2.08. The average Bonchev–Trinajstić information content (AvgIpc) is 2.44. The lowest BCUT2D eigenvalue weighted by molar-refractivity contribution is 0.595. The molecule has 0 atom stereocenters. The summed E-state index contributed by atoms with van der Waals surface area (Å²) in [5.74, 6) is -0.347. The molecule has 0 unspecified atom stereocenters. The number of nitrogens with two attached hydrogens (primary N) is 1. The van der Waals surface area contributed by atoms with Gasteiger partial charge in [-0.2, -0.15) is 0 Å². The highest BCUT2D eigenvalue weighted by Crippen LogP contribution is 2.15. The molecule has 0 amide bonds. The Labute approximate surface area is 114 Å². The molecule has 100 valence electrons. The molecule has 2 N–H and O–H groups in total. The van der Waals surface area contributed by atoms with Crippen LogP contribution in [0.2, 0.25) is 0 Å². The van der Waals surface area contributed by atoms with Gasteiger partial charge in [-0.05, 0) is 18.2 Å². The number of aromatic nitrogens is 2. The Hall–Kier alpha value is -2.69. The molecule has 1 aromatic heterocycles. The van der Waals surface area contributed by atoms with Gasteiger partial charge in [0.25, 0.3) is 5.56 Å². The van der Waals surface area contributed by atoms with Gasteiger partial charge in [0.2, 0.25) is 0 Å². The van der Waals surface area contributed by atoms with Crippen molar-refractivity contribution in [3.63, 3.8) is 0 Å². The molecule has 0 fully saturated rings. The van der Waals surface area contributed by atoms with Gasteiger partial charge in [-0.15, -0.1) is 0 Å². The molecule has 0 radical (unpaired) electrons. The molecule has 20 heavy (non-hydrogen) atoms. The third kappa shape index (κ3) is 2.03. The van der Waals surface area contributed by atoms with E-state index in [1.165, 1.54) is 17.0 Å². The summed E-state index contributed by atoms with van der Waals surface area (Å²) in [6.45, 7) is 0.128. The summed E-state index contributed by atoms with van der Waals surface area (Å²) in [5, 5.41) is 0.367. The van der Waals surface area contributed by atoms with E-state index in [0.29, 0.717) is 22.2 Å². The lowest BCUT2D eigenvalue weighted by atomic mass is 10.2. The van der Waals surface area contributed by atoms with E-state index in [1.54, 1.807) is 36.4 Å². The van der Waals surface area contributed by atoms with Crippen molar-refractivity contribution in [2.75, 3.05) is 5.73 Å². The normalized spacial score (nSPS) is 10.8. The molecule has 2 aromatic carbocycles. The van der Waals surface area contributed by atoms with Crippen molar-refractivity contribution in [3.05, 3.63) is 70.5 Å². The number of fused-ring (bicyclic) bond motifs is 1. The predicted octanol–water partition coefficient (Wildman–Crippen LogP) is 2.17. The minimum atomic E-state index is -0.347. The van der Waals surface area contributed by atoms with Crippen LogP contribution in [-0.2, 0) is 6.54 Å². The zero-order valence-corrected chi connectivity index (χ0v) is 10.6. The number of benzene rings is 2. The SMILES string of the molecule is Nc1cccc2ncn(Cc3ccccc3F)c(=O)c12. The van der Waals surface area contributed by atoms with E-state index in [0.717, 1.165) is 0 Å². The fourth-order valence-electron chi connectivity index (χ4n) is 2.15. The number of nitrogens with zero attached hydrogens (tertiary/aromatic N) is 2. The Balaban J connectivity index is 2.14. The van der Waals surface area contributed by atoms with Crippen molar-refractivity contribution in [1.29, 1.82) is 0 Å². The largest absolute Gasteiger partial charge is 0.398 e. The van der Waals surface area contributed by atoms with Crippen LogP contribution >= 0.6 is 0 Å². The van der Waals surface area contributed by atoms with Gasteiger partial charge in [0.15, 0.2) is 0 Å². The van der Waals surface area contributed by atoms with Crippen LogP contribution in [0.15, 0.2) is 53.6 Å². The molecule has 0 spiro atoms. The van der Waals surface area contributed by atoms with Gasteiger partial charge < -0.3 is 5.73 Å². The van der Waals surface area contributed by atoms with Gasteiger partial charge >= 0.3 is 0 Å². The van der Waals surface area contributed by atoms with E-state index in [4.69, 9.17) is 5.73 Å². The maximum Gasteiger partial charge on any atom is 0.263 e. The van der Waals surface area contributed by atoms with Crippen LogP contribution in [0, 0.1) is 5.82 Å². The second-order valence-electron chi connectivity index (χ2n) is 4.51. The van der Waals surface area contributed by atoms with Gasteiger partial charge in [0, 0.05) is 11.3 Å². The smallest absolute Gasteiger partial charge is 0.263 e. The minimum absolute atomic E-state index is 0.128. The molecule has 0 aliphatic heterocycles. The van der Waals surface area contributed by atoms with Gasteiger partial charge in [0.1, 0.15) is 5.82 Å². The molecule has 0 saturated heterocycles. The van der Waals surface area contributed by atoms with Crippen LogP contribution in [0.1, 0.15) is 5.56 Å². The lowest BCUT2D eigenvalue weighted by Crippen LogP contribution is -2.22. The molecule has 0 bridgehead atoms. The first-order chi connectivity index (χ1) is 9.66. The van der Waals surface area contributed by atoms with Crippen LogP contribution < -0.4 is 11.3 Å². The van der Waals surface area contributed by atoms with E-state index in [1.807, 2.05) is 0 Å². The van der Waals surface area contributed by atoms with E-state index in [-0.39, 0.29) is 17.9 Å². The molecule has 4 nitrogen and oxygen atoms in total. The van der Waals surface area contributed by atoms with Crippen molar-refractivity contribution >= 4 is 16.6 Å². The molecular formula is C15H12FN3O. The predicted molar refractivity (Wildman–Crippen MR) is 75.9 cm³/mol. The number of nitrogen functional groups attached to an aromatic ring is 1. The van der Waals surface area contributed by atoms with Gasteiger partial charge in [-0.3, -0.25) is 9.36 Å². The number of rotatable bonds is 2. The van der Waals surface area contributed by atoms with E-state index in [2.05, 4.69) is 4.98 Å². The third-order valence-corrected chi connectivity index (χ3v) is 3.18. The van der Waals surface area contributed by atoms with Crippen LogP contribution in [0.25, 0.3) is 10.9 Å². The highest BCUT2D eigenvalue weighted by atomic mass is 19.1. The first-order valence-electron chi connectivity index (χ1n) is 6.14. The Kier molecular flexibility index (Phi) is 2.95. The summed E-state index contributed by atoms with van der Waals surface area (Å²) < 4.78 is 15.0. The number of hydrogen-bond donors (Lipinski definition) is 1. The molecule has 1 heterocycles. The quantitative estimate of drug-likeness (QED) is 0.725. The number of hydrogen-bond acceptors (Lipinski definition) is 3.